The molecule has 2 amide bonds. The molecule has 150 valence electrons. The van der Waals surface area contributed by atoms with Crippen molar-refractivity contribution in [3.63, 3.8) is 0 Å². The van der Waals surface area contributed by atoms with Crippen LogP contribution in [0.2, 0.25) is 0 Å². The Labute approximate surface area is 173 Å². The van der Waals surface area contributed by atoms with Crippen molar-refractivity contribution in [3.05, 3.63) is 101 Å². The van der Waals surface area contributed by atoms with E-state index in [0.717, 1.165) is 22.4 Å². The number of amides is 2. The molecule has 6 heteroatoms. The maximum absolute atomic E-state index is 13.4. The Kier molecular flexibility index (Phi) is 5.14. The SMILES string of the molecule is Cc1ccc(NC2=C(c3ccc(F)cc3)C(=O)N(Cc3cccnc3)C2=O)c(C)c1. The van der Waals surface area contributed by atoms with Gasteiger partial charge in [0.2, 0.25) is 0 Å². The van der Waals surface area contributed by atoms with E-state index in [4.69, 9.17) is 0 Å². The predicted octanol–water partition coefficient (Wildman–Crippen LogP) is 4.23. The molecule has 2 aromatic carbocycles. The second-order valence-electron chi connectivity index (χ2n) is 7.26. The highest BCUT2D eigenvalue weighted by Crippen LogP contribution is 2.32. The van der Waals surface area contributed by atoms with Crippen molar-refractivity contribution in [2.75, 3.05) is 5.32 Å². The first kappa shape index (κ1) is 19.5. The van der Waals surface area contributed by atoms with Crippen molar-refractivity contribution in [3.8, 4) is 0 Å². The summed E-state index contributed by atoms with van der Waals surface area (Å²) in [5, 5.41) is 3.15. The largest absolute Gasteiger partial charge is 0.350 e. The number of aryl methyl sites for hydroxylation is 2. The summed E-state index contributed by atoms with van der Waals surface area (Å²) in [7, 11) is 0. The van der Waals surface area contributed by atoms with Crippen molar-refractivity contribution in [1.29, 1.82) is 0 Å². The Morgan fingerprint density at radius 3 is 2.43 bits per heavy atom. The number of imide groups is 1. The van der Waals surface area contributed by atoms with Gasteiger partial charge in [-0.2, -0.15) is 0 Å². The lowest BCUT2D eigenvalue weighted by Gasteiger charge is -2.15. The number of rotatable bonds is 5. The molecule has 4 rings (SSSR count). The summed E-state index contributed by atoms with van der Waals surface area (Å²) in [5.41, 5.74) is 4.41. The number of hydrogen-bond donors (Lipinski definition) is 1. The number of carbonyl (C=O) groups is 2. The monoisotopic (exact) mass is 401 g/mol. The van der Waals surface area contributed by atoms with Crippen LogP contribution in [0.4, 0.5) is 10.1 Å². The smallest absolute Gasteiger partial charge is 0.278 e. The summed E-state index contributed by atoms with van der Waals surface area (Å²) in [5.74, 6) is -1.27. The molecule has 0 fully saturated rings. The maximum Gasteiger partial charge on any atom is 0.278 e. The number of carbonyl (C=O) groups excluding carboxylic acids is 2. The summed E-state index contributed by atoms with van der Waals surface area (Å²) in [4.78, 5) is 31.7. The number of hydrogen-bond acceptors (Lipinski definition) is 4. The van der Waals surface area contributed by atoms with Gasteiger partial charge in [-0.3, -0.25) is 19.5 Å². The second kappa shape index (κ2) is 7.91. The Balaban J connectivity index is 1.76. The molecule has 0 aliphatic carbocycles. The van der Waals surface area contributed by atoms with Gasteiger partial charge in [0.1, 0.15) is 11.5 Å². The van der Waals surface area contributed by atoms with Gasteiger partial charge in [-0.1, -0.05) is 35.9 Å². The molecule has 1 aliphatic rings. The number of halogens is 1. The molecule has 5 nitrogen and oxygen atoms in total. The highest BCUT2D eigenvalue weighted by atomic mass is 19.1. The highest BCUT2D eigenvalue weighted by Gasteiger charge is 2.39. The first-order valence-electron chi connectivity index (χ1n) is 9.53. The van der Waals surface area contributed by atoms with Gasteiger partial charge in [0.05, 0.1) is 12.1 Å². The third-order valence-electron chi connectivity index (χ3n) is 5.01. The van der Waals surface area contributed by atoms with E-state index < -0.39 is 17.6 Å². The molecule has 2 heterocycles. The first-order chi connectivity index (χ1) is 14.4. The normalized spacial score (nSPS) is 13.9. The summed E-state index contributed by atoms with van der Waals surface area (Å²) in [6.07, 6.45) is 3.25. The van der Waals surface area contributed by atoms with Gasteiger partial charge < -0.3 is 5.32 Å². The van der Waals surface area contributed by atoms with E-state index in [1.54, 1.807) is 24.5 Å². The van der Waals surface area contributed by atoms with Crippen molar-refractivity contribution in [2.45, 2.75) is 20.4 Å². The maximum atomic E-state index is 13.4. The first-order valence-corrected chi connectivity index (χ1v) is 9.53. The highest BCUT2D eigenvalue weighted by molar-refractivity contribution is 6.36. The van der Waals surface area contributed by atoms with Crippen LogP contribution in [-0.2, 0) is 16.1 Å². The standard InChI is InChI=1S/C24H20FN3O2/c1-15-5-10-20(16(2)12-15)27-22-21(18-6-8-19(25)9-7-18)23(29)28(24(22)30)14-17-4-3-11-26-13-17/h3-13,27H,14H2,1-2H3. The zero-order chi connectivity index (χ0) is 21.3. The van der Waals surface area contributed by atoms with Crippen LogP contribution >= 0.6 is 0 Å². The quantitative estimate of drug-likeness (QED) is 0.650. The van der Waals surface area contributed by atoms with E-state index in [0.29, 0.717) is 5.56 Å². The van der Waals surface area contributed by atoms with Crippen LogP contribution in [0.15, 0.2) is 72.7 Å². The van der Waals surface area contributed by atoms with Crippen LogP contribution in [0.5, 0.6) is 0 Å². The fraction of sp³-hybridized carbons (Fsp3) is 0.125. The fourth-order valence-corrected chi connectivity index (χ4v) is 3.48. The number of anilines is 1. The number of pyridine rings is 1. The number of benzene rings is 2. The fourth-order valence-electron chi connectivity index (χ4n) is 3.48. The molecule has 0 radical (unpaired) electrons. The van der Waals surface area contributed by atoms with Crippen LogP contribution in [0.25, 0.3) is 5.57 Å². The van der Waals surface area contributed by atoms with E-state index in [-0.39, 0.29) is 17.8 Å². The summed E-state index contributed by atoms with van der Waals surface area (Å²) >= 11 is 0. The average molecular weight is 401 g/mol. The van der Waals surface area contributed by atoms with Gasteiger partial charge in [0.25, 0.3) is 11.8 Å². The molecule has 0 saturated heterocycles. The van der Waals surface area contributed by atoms with Crippen LogP contribution in [0.3, 0.4) is 0 Å². The minimum atomic E-state index is -0.428. The van der Waals surface area contributed by atoms with Crippen LogP contribution < -0.4 is 5.32 Å². The summed E-state index contributed by atoms with van der Waals surface area (Å²) in [6, 6.07) is 14.9. The third kappa shape index (κ3) is 3.72. The molecule has 1 aromatic heterocycles. The van der Waals surface area contributed by atoms with E-state index >= 15 is 0 Å². The van der Waals surface area contributed by atoms with E-state index in [2.05, 4.69) is 10.3 Å². The number of aromatic nitrogens is 1. The van der Waals surface area contributed by atoms with Crippen molar-refractivity contribution < 1.29 is 14.0 Å². The van der Waals surface area contributed by atoms with E-state index in [9.17, 15) is 14.0 Å². The molecule has 0 atom stereocenters. The Bertz CT molecular complexity index is 1150. The number of nitrogens with zero attached hydrogens (tertiary/aromatic N) is 2. The molecule has 3 aromatic rings. The van der Waals surface area contributed by atoms with Gasteiger partial charge in [0, 0.05) is 18.1 Å². The Morgan fingerprint density at radius 1 is 1.00 bits per heavy atom. The molecule has 1 N–H and O–H groups in total. The molecule has 1 aliphatic heterocycles. The molecular formula is C24H20FN3O2. The zero-order valence-electron chi connectivity index (χ0n) is 16.6. The minimum absolute atomic E-state index is 0.105. The summed E-state index contributed by atoms with van der Waals surface area (Å²) in [6.45, 7) is 4.02. The lowest BCUT2D eigenvalue weighted by molar-refractivity contribution is -0.137. The third-order valence-corrected chi connectivity index (χ3v) is 5.01. The van der Waals surface area contributed by atoms with Gasteiger partial charge >= 0.3 is 0 Å². The van der Waals surface area contributed by atoms with Crippen LogP contribution in [-0.4, -0.2) is 21.7 Å². The Morgan fingerprint density at radius 2 is 1.77 bits per heavy atom. The van der Waals surface area contributed by atoms with E-state index in [1.165, 1.54) is 29.2 Å². The van der Waals surface area contributed by atoms with Crippen molar-refractivity contribution in [1.82, 2.24) is 9.88 Å². The number of nitrogens with one attached hydrogen (secondary N) is 1. The molecule has 0 spiro atoms. The zero-order valence-corrected chi connectivity index (χ0v) is 16.6. The van der Waals surface area contributed by atoms with Crippen molar-refractivity contribution >= 4 is 23.1 Å². The average Bonchev–Trinajstić information content (AvgIpc) is 2.96. The van der Waals surface area contributed by atoms with Gasteiger partial charge in [0.15, 0.2) is 0 Å². The second-order valence-corrected chi connectivity index (χ2v) is 7.26. The van der Waals surface area contributed by atoms with Gasteiger partial charge in [-0.15, -0.1) is 0 Å². The van der Waals surface area contributed by atoms with Crippen LogP contribution in [0.1, 0.15) is 22.3 Å². The predicted molar refractivity (Wildman–Crippen MR) is 113 cm³/mol. The minimum Gasteiger partial charge on any atom is -0.350 e. The lowest BCUT2D eigenvalue weighted by atomic mass is 10.0. The van der Waals surface area contributed by atoms with Crippen LogP contribution in [0, 0.1) is 19.7 Å². The van der Waals surface area contributed by atoms with Crippen molar-refractivity contribution in [2.24, 2.45) is 0 Å². The van der Waals surface area contributed by atoms with Gasteiger partial charge in [-0.05, 0) is 54.8 Å². The van der Waals surface area contributed by atoms with Gasteiger partial charge in [-0.25, -0.2) is 4.39 Å². The topological polar surface area (TPSA) is 62.3 Å². The molecule has 0 unspecified atom stereocenters. The molecule has 0 bridgehead atoms. The van der Waals surface area contributed by atoms with E-state index in [1.807, 2.05) is 32.0 Å². The molecule has 0 saturated carbocycles. The summed E-state index contributed by atoms with van der Waals surface area (Å²) < 4.78 is 13.4. The molecule has 30 heavy (non-hydrogen) atoms. The Hall–Kier alpha value is -3.80. The lowest BCUT2D eigenvalue weighted by Crippen LogP contribution is -2.32. The molecular weight excluding hydrogens is 381 g/mol.